The molecule has 2 aromatic rings. The number of ether oxygens (including phenoxy) is 1. The van der Waals surface area contributed by atoms with Crippen molar-refractivity contribution in [2.75, 3.05) is 26.0 Å². The van der Waals surface area contributed by atoms with Crippen molar-refractivity contribution in [3.63, 3.8) is 0 Å². The minimum Gasteiger partial charge on any atom is -0.477 e. The lowest BCUT2D eigenvalue weighted by atomic mass is 9.99. The van der Waals surface area contributed by atoms with Gasteiger partial charge in [-0.1, -0.05) is 12.1 Å². The third-order valence-electron chi connectivity index (χ3n) is 4.28. The summed E-state index contributed by atoms with van der Waals surface area (Å²) in [6.07, 6.45) is 5.15. The van der Waals surface area contributed by atoms with Crippen LogP contribution in [0.3, 0.4) is 0 Å². The molecule has 1 N–H and O–H groups in total. The summed E-state index contributed by atoms with van der Waals surface area (Å²) in [5.41, 5.74) is 1.78. The number of nitrogens with one attached hydrogen (secondary N) is 1. The number of benzene rings is 1. The van der Waals surface area contributed by atoms with Gasteiger partial charge in [-0.15, -0.1) is 0 Å². The molecule has 0 unspecified atom stereocenters. The lowest BCUT2D eigenvalue weighted by Gasteiger charge is -2.22. The molecule has 1 aliphatic heterocycles. The molecule has 128 valence electrons. The zero-order valence-corrected chi connectivity index (χ0v) is 14.6. The number of piperidine rings is 1. The van der Waals surface area contributed by atoms with Gasteiger partial charge in [0, 0.05) is 18.0 Å². The predicted molar refractivity (Wildman–Crippen MR) is 93.9 cm³/mol. The lowest BCUT2D eigenvalue weighted by molar-refractivity contribution is 0.209. The number of aromatic nitrogens is 1. The van der Waals surface area contributed by atoms with Crippen LogP contribution in [0.15, 0.2) is 47.5 Å². The summed E-state index contributed by atoms with van der Waals surface area (Å²) in [7, 11) is -3.19. The average Bonchev–Trinajstić information content (AvgIpc) is 2.60. The first-order chi connectivity index (χ1) is 11.5. The molecule has 0 amide bonds. The molecule has 1 aromatic carbocycles. The Kier molecular flexibility index (Phi) is 5.16. The summed E-state index contributed by atoms with van der Waals surface area (Å²) >= 11 is 0. The largest absolute Gasteiger partial charge is 0.477 e. The molecule has 6 heteroatoms. The van der Waals surface area contributed by atoms with E-state index in [-0.39, 0.29) is 0 Å². The second-order valence-corrected chi connectivity index (χ2v) is 8.17. The average molecular weight is 346 g/mol. The van der Waals surface area contributed by atoms with Crippen molar-refractivity contribution in [3.8, 4) is 17.0 Å². The molecule has 0 radical (unpaired) electrons. The molecule has 5 nitrogen and oxygen atoms in total. The normalized spacial score (nSPS) is 16.0. The van der Waals surface area contributed by atoms with Gasteiger partial charge >= 0.3 is 0 Å². The van der Waals surface area contributed by atoms with Crippen molar-refractivity contribution in [2.45, 2.75) is 17.7 Å². The Morgan fingerprint density at radius 3 is 2.54 bits per heavy atom. The van der Waals surface area contributed by atoms with Gasteiger partial charge < -0.3 is 10.1 Å². The third-order valence-corrected chi connectivity index (χ3v) is 5.41. The molecule has 0 spiro atoms. The third kappa shape index (κ3) is 4.13. The summed E-state index contributed by atoms with van der Waals surface area (Å²) in [6, 6.07) is 10.6. The van der Waals surface area contributed by atoms with Gasteiger partial charge in [-0.3, -0.25) is 0 Å². The van der Waals surface area contributed by atoms with Crippen LogP contribution < -0.4 is 10.1 Å². The second-order valence-electron chi connectivity index (χ2n) is 6.16. The van der Waals surface area contributed by atoms with Crippen LogP contribution in [-0.4, -0.2) is 39.4 Å². The number of nitrogens with zero attached hydrogens (tertiary/aromatic N) is 1. The number of pyridine rings is 1. The highest BCUT2D eigenvalue weighted by Crippen LogP contribution is 2.29. The Morgan fingerprint density at radius 2 is 1.88 bits per heavy atom. The molecule has 1 saturated heterocycles. The summed E-state index contributed by atoms with van der Waals surface area (Å²) in [5, 5.41) is 3.35. The summed E-state index contributed by atoms with van der Waals surface area (Å²) in [4.78, 5) is 4.67. The molecule has 2 heterocycles. The SMILES string of the molecule is CS(=O)(=O)c1ccc(-c2cccnc2OCC2CCNCC2)cc1. The van der Waals surface area contributed by atoms with Crippen LogP contribution >= 0.6 is 0 Å². The first kappa shape index (κ1) is 16.9. The molecule has 0 aliphatic carbocycles. The molecule has 0 atom stereocenters. The highest BCUT2D eigenvalue weighted by Gasteiger charge is 2.16. The van der Waals surface area contributed by atoms with Crippen molar-refractivity contribution in [1.29, 1.82) is 0 Å². The quantitative estimate of drug-likeness (QED) is 0.901. The van der Waals surface area contributed by atoms with Crippen LogP contribution in [0, 0.1) is 5.92 Å². The highest BCUT2D eigenvalue weighted by molar-refractivity contribution is 7.90. The smallest absolute Gasteiger partial charge is 0.221 e. The molecule has 1 aromatic heterocycles. The Hall–Kier alpha value is -1.92. The molecular formula is C18H22N2O3S. The van der Waals surface area contributed by atoms with Crippen molar-refractivity contribution < 1.29 is 13.2 Å². The predicted octanol–water partition coefficient (Wildman–Crippen LogP) is 2.53. The van der Waals surface area contributed by atoms with Gasteiger partial charge in [0.1, 0.15) is 0 Å². The van der Waals surface area contributed by atoms with Crippen LogP contribution in [0.1, 0.15) is 12.8 Å². The van der Waals surface area contributed by atoms with Crippen molar-refractivity contribution >= 4 is 9.84 Å². The maximum Gasteiger partial charge on any atom is 0.221 e. The highest BCUT2D eigenvalue weighted by atomic mass is 32.2. The fourth-order valence-corrected chi connectivity index (χ4v) is 3.48. The zero-order chi connectivity index (χ0) is 17.0. The number of hydrogen-bond acceptors (Lipinski definition) is 5. The second kappa shape index (κ2) is 7.32. The molecule has 24 heavy (non-hydrogen) atoms. The van der Waals surface area contributed by atoms with E-state index in [0.29, 0.717) is 23.3 Å². The molecule has 1 aliphatic rings. The first-order valence-electron chi connectivity index (χ1n) is 8.13. The monoisotopic (exact) mass is 346 g/mol. The van der Waals surface area contributed by atoms with Gasteiger partial charge in [0.05, 0.1) is 11.5 Å². The first-order valence-corrected chi connectivity index (χ1v) is 10.0. The van der Waals surface area contributed by atoms with Crippen LogP contribution in [0.25, 0.3) is 11.1 Å². The van der Waals surface area contributed by atoms with Gasteiger partial charge in [0.25, 0.3) is 0 Å². The van der Waals surface area contributed by atoms with Gasteiger partial charge in [0.2, 0.25) is 5.88 Å². The standard InChI is InChI=1S/C18H22N2O3S/c1-24(21,22)16-6-4-15(5-7-16)17-3-2-10-20-18(17)23-13-14-8-11-19-12-9-14/h2-7,10,14,19H,8-9,11-13H2,1H3. The van der Waals surface area contributed by atoms with Crippen LogP contribution in [-0.2, 0) is 9.84 Å². The molecular weight excluding hydrogens is 324 g/mol. The number of sulfone groups is 1. The summed E-state index contributed by atoms with van der Waals surface area (Å²) in [6.45, 7) is 2.74. The summed E-state index contributed by atoms with van der Waals surface area (Å²) < 4.78 is 29.1. The Morgan fingerprint density at radius 1 is 1.17 bits per heavy atom. The molecule has 1 fully saturated rings. The minimum absolute atomic E-state index is 0.312. The summed E-state index contributed by atoms with van der Waals surface area (Å²) in [5.74, 6) is 1.15. The van der Waals surface area contributed by atoms with E-state index in [4.69, 9.17) is 4.74 Å². The van der Waals surface area contributed by atoms with Crippen molar-refractivity contribution in [2.24, 2.45) is 5.92 Å². The van der Waals surface area contributed by atoms with Crippen LogP contribution in [0.2, 0.25) is 0 Å². The van der Waals surface area contributed by atoms with E-state index in [0.717, 1.165) is 37.1 Å². The maximum atomic E-state index is 11.6. The molecule has 3 rings (SSSR count). The van der Waals surface area contributed by atoms with Crippen molar-refractivity contribution in [3.05, 3.63) is 42.6 Å². The van der Waals surface area contributed by atoms with Crippen LogP contribution in [0.4, 0.5) is 0 Å². The van der Waals surface area contributed by atoms with Gasteiger partial charge in [-0.25, -0.2) is 13.4 Å². The van der Waals surface area contributed by atoms with E-state index in [1.807, 2.05) is 12.1 Å². The van der Waals surface area contributed by atoms with Crippen LogP contribution in [0.5, 0.6) is 5.88 Å². The lowest BCUT2D eigenvalue weighted by Crippen LogP contribution is -2.30. The zero-order valence-electron chi connectivity index (χ0n) is 13.7. The Labute approximate surface area is 143 Å². The maximum absolute atomic E-state index is 11.6. The van der Waals surface area contributed by atoms with E-state index in [2.05, 4.69) is 10.3 Å². The van der Waals surface area contributed by atoms with E-state index in [1.54, 1.807) is 30.5 Å². The van der Waals surface area contributed by atoms with E-state index in [1.165, 1.54) is 6.26 Å². The fraction of sp³-hybridized carbons (Fsp3) is 0.389. The molecule has 0 bridgehead atoms. The Bertz CT molecular complexity index is 782. The number of rotatable bonds is 5. The van der Waals surface area contributed by atoms with E-state index in [9.17, 15) is 8.42 Å². The fourth-order valence-electron chi connectivity index (χ4n) is 2.85. The van der Waals surface area contributed by atoms with E-state index >= 15 is 0 Å². The molecule has 0 saturated carbocycles. The topological polar surface area (TPSA) is 68.3 Å². The van der Waals surface area contributed by atoms with Gasteiger partial charge in [-0.05, 0) is 61.7 Å². The number of hydrogen-bond donors (Lipinski definition) is 1. The van der Waals surface area contributed by atoms with Gasteiger partial charge in [-0.2, -0.15) is 0 Å². The van der Waals surface area contributed by atoms with Gasteiger partial charge in [0.15, 0.2) is 9.84 Å². The van der Waals surface area contributed by atoms with E-state index < -0.39 is 9.84 Å². The Balaban J connectivity index is 1.78. The van der Waals surface area contributed by atoms with Crippen molar-refractivity contribution in [1.82, 2.24) is 10.3 Å². The minimum atomic E-state index is -3.19.